The van der Waals surface area contributed by atoms with Crippen LogP contribution in [0.5, 0.6) is 0 Å². The van der Waals surface area contributed by atoms with Gasteiger partial charge in [-0.3, -0.25) is 9.59 Å². The van der Waals surface area contributed by atoms with Crippen molar-refractivity contribution in [3.63, 3.8) is 0 Å². The topological polar surface area (TPSA) is 102 Å². The molecule has 0 N–H and O–H groups in total. The van der Waals surface area contributed by atoms with E-state index in [9.17, 15) is 9.59 Å². The van der Waals surface area contributed by atoms with E-state index in [1.54, 1.807) is 25.6 Å². The molecule has 5 rings (SSSR count). The molecule has 1 saturated carbocycles. The molecule has 0 bridgehead atoms. The van der Waals surface area contributed by atoms with Gasteiger partial charge in [0.25, 0.3) is 0 Å². The maximum atomic E-state index is 14.1. The van der Waals surface area contributed by atoms with Gasteiger partial charge in [0.1, 0.15) is 12.2 Å². The molecule has 2 fully saturated rings. The highest BCUT2D eigenvalue weighted by molar-refractivity contribution is 7.11. The lowest BCUT2D eigenvalue weighted by molar-refractivity contribution is -0.256. The number of aromatic nitrogens is 1. The molecule has 0 radical (unpaired) electrons. The molecule has 3 aliphatic carbocycles. The number of rotatable bonds is 12. The number of nitrogens with zero attached hydrogens (tertiary/aromatic N) is 1. The van der Waals surface area contributed by atoms with Gasteiger partial charge >= 0.3 is 5.97 Å². The zero-order valence-corrected chi connectivity index (χ0v) is 30.5. The summed E-state index contributed by atoms with van der Waals surface area (Å²) in [5.41, 5.74) is 1.89. The van der Waals surface area contributed by atoms with Crippen LogP contribution >= 0.6 is 11.3 Å². The molecule has 0 aromatic carbocycles. The summed E-state index contributed by atoms with van der Waals surface area (Å²) in [5.74, 6) is 0.302. The third-order valence-corrected chi connectivity index (χ3v) is 12.3. The molecule has 12 atom stereocenters. The molecule has 0 amide bonds. The van der Waals surface area contributed by atoms with Crippen LogP contribution in [0.4, 0.5) is 0 Å². The van der Waals surface area contributed by atoms with Crippen molar-refractivity contribution in [1.82, 2.24) is 4.98 Å². The lowest BCUT2D eigenvalue weighted by Gasteiger charge is -2.37. The van der Waals surface area contributed by atoms with Crippen LogP contribution in [0, 0.1) is 30.6 Å². The van der Waals surface area contributed by atoms with Gasteiger partial charge in [0, 0.05) is 49.4 Å². The number of carbonyl (C=O) groups is 2. The minimum atomic E-state index is -0.636. The van der Waals surface area contributed by atoms with Crippen LogP contribution < -0.4 is 0 Å². The van der Waals surface area contributed by atoms with Crippen molar-refractivity contribution in [3.05, 3.63) is 27.2 Å². The van der Waals surface area contributed by atoms with Crippen LogP contribution in [0.25, 0.3) is 0 Å². The van der Waals surface area contributed by atoms with Gasteiger partial charge in [0.2, 0.25) is 0 Å². The van der Waals surface area contributed by atoms with Crippen LogP contribution in [0.3, 0.4) is 0 Å². The van der Waals surface area contributed by atoms with Crippen molar-refractivity contribution in [3.8, 4) is 0 Å². The van der Waals surface area contributed by atoms with E-state index in [1.165, 1.54) is 4.88 Å². The van der Waals surface area contributed by atoms with Crippen molar-refractivity contribution in [1.29, 1.82) is 0 Å². The van der Waals surface area contributed by atoms with Crippen molar-refractivity contribution in [2.24, 2.45) is 23.7 Å². The van der Waals surface area contributed by atoms with E-state index in [0.717, 1.165) is 61.2 Å². The Morgan fingerprint density at radius 2 is 1.81 bits per heavy atom. The number of ether oxygens (including phenoxy) is 6. The fraction of sp³-hybridized carbons (Fsp3) is 0.811. The number of fused-ring (bicyclic) bond motifs is 8. The SMILES string of the molecule is CCOC[C@H](OC)C(OC(C)[C@@H](C)OC)O[C@@H]1CC2c3sc(C)nc3[C@@H]3C(C=C4C(=O)[C@H](C)CCCC[C@H](CC)OC(=O)C[C@H]43)[C@@H]2C1. The van der Waals surface area contributed by atoms with Gasteiger partial charge in [-0.15, -0.1) is 11.3 Å². The second-order valence-electron chi connectivity index (χ2n) is 14.2. The monoisotopic (exact) mass is 675 g/mol. The van der Waals surface area contributed by atoms with E-state index in [0.29, 0.717) is 13.2 Å². The zero-order chi connectivity index (χ0) is 33.8. The van der Waals surface area contributed by atoms with Crippen molar-refractivity contribution < 1.29 is 38.0 Å². The van der Waals surface area contributed by atoms with Gasteiger partial charge < -0.3 is 28.4 Å². The van der Waals surface area contributed by atoms with Crippen LogP contribution in [0.15, 0.2) is 11.6 Å². The minimum absolute atomic E-state index is 0.0176. The summed E-state index contributed by atoms with van der Waals surface area (Å²) < 4.78 is 36.5. The van der Waals surface area contributed by atoms with Gasteiger partial charge in [0.05, 0.1) is 42.0 Å². The Morgan fingerprint density at radius 3 is 2.51 bits per heavy atom. The lowest BCUT2D eigenvalue weighted by Crippen LogP contribution is -2.43. The van der Waals surface area contributed by atoms with E-state index in [2.05, 4.69) is 26.8 Å². The molecular formula is C37H57NO8S. The minimum Gasteiger partial charge on any atom is -0.462 e. The summed E-state index contributed by atoms with van der Waals surface area (Å²) in [4.78, 5) is 34.0. The second kappa shape index (κ2) is 16.3. The van der Waals surface area contributed by atoms with E-state index < -0.39 is 12.4 Å². The first kappa shape index (κ1) is 36.6. The summed E-state index contributed by atoms with van der Waals surface area (Å²) in [7, 11) is 3.34. The summed E-state index contributed by atoms with van der Waals surface area (Å²) in [6.45, 7) is 13.1. The Balaban J connectivity index is 1.45. The molecule has 4 aliphatic rings. The van der Waals surface area contributed by atoms with Crippen LogP contribution in [-0.2, 0) is 38.0 Å². The number of methoxy groups -OCH3 is 2. The normalized spacial score (nSPS) is 33.7. The predicted molar refractivity (Wildman–Crippen MR) is 181 cm³/mol. The highest BCUT2D eigenvalue weighted by atomic mass is 32.1. The van der Waals surface area contributed by atoms with Crippen LogP contribution in [0.2, 0.25) is 0 Å². The number of aryl methyl sites for hydroxylation is 1. The Labute approximate surface area is 285 Å². The molecule has 1 aliphatic heterocycles. The first-order valence-electron chi connectivity index (χ1n) is 18.0. The largest absolute Gasteiger partial charge is 0.462 e. The Morgan fingerprint density at radius 1 is 1.04 bits per heavy atom. The van der Waals surface area contributed by atoms with Crippen molar-refractivity contribution >= 4 is 23.1 Å². The highest BCUT2D eigenvalue weighted by Gasteiger charge is 2.56. The molecule has 1 aromatic heterocycles. The quantitative estimate of drug-likeness (QED) is 0.173. The van der Waals surface area contributed by atoms with Crippen molar-refractivity contribution in [2.45, 2.75) is 142 Å². The zero-order valence-electron chi connectivity index (χ0n) is 29.7. The Bertz CT molecular complexity index is 1250. The lowest BCUT2D eigenvalue weighted by atomic mass is 9.67. The average molecular weight is 676 g/mol. The molecule has 9 nitrogen and oxygen atoms in total. The predicted octanol–water partition coefficient (Wildman–Crippen LogP) is 6.91. The van der Waals surface area contributed by atoms with Gasteiger partial charge in [-0.05, 0) is 83.6 Å². The molecule has 1 aromatic rings. The molecule has 47 heavy (non-hydrogen) atoms. The fourth-order valence-corrected chi connectivity index (χ4v) is 9.56. The number of Topliss-reactive ketones (excluding diaryl/α,β-unsaturated/α-hetero) is 1. The molecule has 1 saturated heterocycles. The van der Waals surface area contributed by atoms with E-state index in [4.69, 9.17) is 33.4 Å². The van der Waals surface area contributed by atoms with E-state index >= 15 is 0 Å². The molecule has 0 spiro atoms. The maximum Gasteiger partial charge on any atom is 0.306 e. The molecule has 264 valence electrons. The fourth-order valence-electron chi connectivity index (χ4n) is 8.38. The number of hydrogen-bond acceptors (Lipinski definition) is 10. The van der Waals surface area contributed by atoms with Gasteiger partial charge in [-0.25, -0.2) is 4.98 Å². The smallest absolute Gasteiger partial charge is 0.306 e. The highest BCUT2D eigenvalue weighted by Crippen LogP contribution is 2.62. The number of hydrogen-bond donors (Lipinski definition) is 0. The third kappa shape index (κ3) is 8.04. The Hall–Kier alpha value is -1.69. The number of carbonyl (C=O) groups excluding carboxylic acids is 2. The molecule has 2 heterocycles. The molecular weight excluding hydrogens is 618 g/mol. The third-order valence-electron chi connectivity index (χ3n) is 11.2. The van der Waals surface area contributed by atoms with Crippen LogP contribution in [-0.4, -0.2) is 81.0 Å². The van der Waals surface area contributed by atoms with Gasteiger partial charge in [0.15, 0.2) is 12.1 Å². The van der Waals surface area contributed by atoms with E-state index in [1.807, 2.05) is 20.8 Å². The number of thiazole rings is 1. The number of esters is 1. The first-order chi connectivity index (χ1) is 22.6. The number of cyclic esters (lactones) is 1. The summed E-state index contributed by atoms with van der Waals surface area (Å²) >= 11 is 1.76. The van der Waals surface area contributed by atoms with Gasteiger partial charge in [-0.2, -0.15) is 0 Å². The first-order valence-corrected chi connectivity index (χ1v) is 18.8. The summed E-state index contributed by atoms with van der Waals surface area (Å²) in [5, 5.41) is 1.02. The van der Waals surface area contributed by atoms with Gasteiger partial charge in [-0.1, -0.05) is 26.3 Å². The summed E-state index contributed by atoms with van der Waals surface area (Å²) in [6, 6.07) is 0. The molecule has 4 unspecified atom stereocenters. The number of ketones is 1. The van der Waals surface area contributed by atoms with Crippen molar-refractivity contribution in [2.75, 3.05) is 27.4 Å². The number of allylic oxidation sites excluding steroid dienone is 2. The van der Waals surface area contributed by atoms with E-state index in [-0.39, 0.29) is 78.1 Å². The maximum absolute atomic E-state index is 14.1. The Kier molecular flexibility index (Phi) is 12.7. The second-order valence-corrected chi connectivity index (χ2v) is 15.4. The average Bonchev–Trinajstić information content (AvgIpc) is 3.75. The molecule has 10 heteroatoms. The van der Waals surface area contributed by atoms with Crippen LogP contribution in [0.1, 0.15) is 113 Å². The summed E-state index contributed by atoms with van der Waals surface area (Å²) in [6.07, 6.45) is 7.03. The standard InChI is InChI=1S/C37H57NO8S/c1-9-24-14-12-11-13-20(3)35(40)29-17-27-26-15-25(46-37(31(42-8)19-43-10-2)44-22(5)21(4)41-7)16-30(26)36-34(38-23(6)47-36)33(27)28(29)18-32(39)45-24/h17,20-22,24-28,30-31,33,37H,9-16,18-19H2,1-8H3/t20-,21-,22?,24+,25+,26+,27?,28-,30?,31+,33-,37?/m1/s1.